The van der Waals surface area contributed by atoms with E-state index in [9.17, 15) is 4.79 Å². The summed E-state index contributed by atoms with van der Waals surface area (Å²) in [5.74, 6) is 0. The van der Waals surface area contributed by atoms with E-state index < -0.39 is 13.2 Å². The molecule has 1 heterocycles. The monoisotopic (exact) mass is 272 g/mol. The van der Waals surface area contributed by atoms with E-state index in [2.05, 4.69) is 10.3 Å². The lowest BCUT2D eigenvalue weighted by atomic mass is 9.80. The van der Waals surface area contributed by atoms with Gasteiger partial charge in [0.15, 0.2) is 0 Å². The first-order valence-electron chi connectivity index (χ1n) is 5.94. The fourth-order valence-electron chi connectivity index (χ4n) is 1.60. The summed E-state index contributed by atoms with van der Waals surface area (Å²) >= 11 is 0. The van der Waals surface area contributed by atoms with Crippen LogP contribution in [0, 0.1) is 0 Å². The zero-order valence-corrected chi connectivity index (χ0v) is 10.6. The Bertz CT molecular complexity index is 578. The van der Waals surface area contributed by atoms with E-state index in [-0.39, 0.29) is 17.8 Å². The Hall–Kier alpha value is -2.38. The molecule has 0 spiro atoms. The lowest BCUT2D eigenvalue weighted by Crippen LogP contribution is -2.33. The minimum atomic E-state index is -1.69. The number of pyridine rings is 1. The normalized spacial score (nSPS) is 9.90. The van der Waals surface area contributed by atoms with Gasteiger partial charge in [-0.05, 0) is 11.6 Å². The lowest BCUT2D eigenvalue weighted by molar-refractivity contribution is 0.155. The Morgan fingerprint density at radius 2 is 2.00 bits per heavy atom. The van der Waals surface area contributed by atoms with Gasteiger partial charge < -0.3 is 14.8 Å². The van der Waals surface area contributed by atoms with Crippen molar-refractivity contribution in [2.24, 2.45) is 0 Å². The summed E-state index contributed by atoms with van der Waals surface area (Å²) in [6.45, 7) is 0.129. The minimum absolute atomic E-state index is 0.129. The number of ether oxygens (including phenoxy) is 1. The Morgan fingerprint density at radius 1 is 1.25 bits per heavy atom. The number of carbonyl (C=O) groups excluding carboxylic acids is 1. The first-order valence-corrected chi connectivity index (χ1v) is 5.94. The van der Waals surface area contributed by atoms with Crippen molar-refractivity contribution in [2.75, 3.05) is 5.32 Å². The van der Waals surface area contributed by atoms with Crippen LogP contribution in [-0.4, -0.2) is 28.2 Å². The molecule has 1 amide bonds. The van der Waals surface area contributed by atoms with Gasteiger partial charge in [-0.25, -0.2) is 4.79 Å². The second kappa shape index (κ2) is 6.69. The summed E-state index contributed by atoms with van der Waals surface area (Å²) in [6, 6.07) is 10.6. The molecule has 1 aromatic heterocycles. The molecule has 0 radical (unpaired) electrons. The standard InChI is InChI=1S/C13H13BN2O4/c17-13(20-9-10-4-2-1-3-5-10)16-12-8-15-7-6-11(12)14(18)19/h1-8,18-19H,9H2,(H,16,17). The molecule has 0 aliphatic carbocycles. The number of hydrogen-bond acceptors (Lipinski definition) is 5. The molecule has 0 fully saturated rings. The summed E-state index contributed by atoms with van der Waals surface area (Å²) in [5.41, 5.74) is 1.20. The molecular weight excluding hydrogens is 259 g/mol. The van der Waals surface area contributed by atoms with Gasteiger partial charge in [0.2, 0.25) is 0 Å². The minimum Gasteiger partial charge on any atom is -0.444 e. The SMILES string of the molecule is O=C(Nc1cnccc1B(O)O)OCc1ccccc1. The summed E-state index contributed by atoms with van der Waals surface area (Å²) in [6.07, 6.45) is 2.03. The van der Waals surface area contributed by atoms with Crippen LogP contribution in [-0.2, 0) is 11.3 Å². The number of carbonyl (C=O) groups is 1. The van der Waals surface area contributed by atoms with Crippen molar-refractivity contribution in [2.45, 2.75) is 6.61 Å². The van der Waals surface area contributed by atoms with Gasteiger partial charge in [-0.2, -0.15) is 0 Å². The molecule has 0 atom stereocenters. The van der Waals surface area contributed by atoms with Crippen LogP contribution in [0.5, 0.6) is 0 Å². The highest BCUT2D eigenvalue weighted by Crippen LogP contribution is 2.05. The maximum Gasteiger partial charge on any atom is 0.490 e. The van der Waals surface area contributed by atoms with Crippen molar-refractivity contribution >= 4 is 24.4 Å². The van der Waals surface area contributed by atoms with E-state index in [0.717, 1.165) is 5.56 Å². The first kappa shape index (κ1) is 14.0. The molecule has 2 rings (SSSR count). The van der Waals surface area contributed by atoms with E-state index in [1.54, 1.807) is 0 Å². The van der Waals surface area contributed by atoms with Gasteiger partial charge >= 0.3 is 13.2 Å². The van der Waals surface area contributed by atoms with Gasteiger partial charge in [-0.3, -0.25) is 10.3 Å². The molecule has 0 aliphatic heterocycles. The van der Waals surface area contributed by atoms with Crippen LogP contribution in [0.4, 0.5) is 10.5 Å². The number of hydrogen-bond donors (Lipinski definition) is 3. The van der Waals surface area contributed by atoms with Crippen LogP contribution in [0.1, 0.15) is 5.56 Å². The second-order valence-electron chi connectivity index (χ2n) is 4.02. The van der Waals surface area contributed by atoms with Gasteiger partial charge in [-0.1, -0.05) is 30.3 Å². The zero-order valence-electron chi connectivity index (χ0n) is 10.6. The smallest absolute Gasteiger partial charge is 0.444 e. The molecule has 20 heavy (non-hydrogen) atoms. The molecule has 0 bridgehead atoms. The Kier molecular flexibility index (Phi) is 4.70. The summed E-state index contributed by atoms with van der Waals surface area (Å²) in [7, 11) is -1.69. The Balaban J connectivity index is 1.95. The molecule has 0 saturated carbocycles. The topological polar surface area (TPSA) is 91.7 Å². The quantitative estimate of drug-likeness (QED) is 0.705. The highest BCUT2D eigenvalue weighted by atomic mass is 16.5. The van der Waals surface area contributed by atoms with Crippen LogP contribution >= 0.6 is 0 Å². The van der Waals surface area contributed by atoms with E-state index in [4.69, 9.17) is 14.8 Å². The third kappa shape index (κ3) is 3.81. The number of anilines is 1. The van der Waals surface area contributed by atoms with Crippen LogP contribution in [0.25, 0.3) is 0 Å². The van der Waals surface area contributed by atoms with Gasteiger partial charge in [-0.15, -0.1) is 0 Å². The largest absolute Gasteiger partial charge is 0.490 e. The Morgan fingerprint density at radius 3 is 2.70 bits per heavy atom. The van der Waals surface area contributed by atoms with Crippen LogP contribution in [0.2, 0.25) is 0 Å². The van der Waals surface area contributed by atoms with Gasteiger partial charge in [0.1, 0.15) is 6.61 Å². The van der Waals surface area contributed by atoms with E-state index in [0.29, 0.717) is 0 Å². The van der Waals surface area contributed by atoms with Gasteiger partial charge in [0.25, 0.3) is 0 Å². The van der Waals surface area contributed by atoms with E-state index in [1.165, 1.54) is 18.5 Å². The molecule has 3 N–H and O–H groups in total. The summed E-state index contributed by atoms with van der Waals surface area (Å²) < 4.78 is 5.03. The zero-order chi connectivity index (χ0) is 14.4. The predicted octanol–water partition coefficient (Wildman–Crippen LogP) is 0.510. The molecule has 6 nitrogen and oxygen atoms in total. The lowest BCUT2D eigenvalue weighted by Gasteiger charge is -2.10. The number of rotatable bonds is 4. The number of benzene rings is 1. The number of aromatic nitrogens is 1. The molecular formula is C13H13BN2O4. The molecule has 102 valence electrons. The maximum atomic E-state index is 11.6. The summed E-state index contributed by atoms with van der Waals surface area (Å²) in [5, 5.41) is 20.7. The molecule has 0 aliphatic rings. The molecule has 1 aromatic carbocycles. The van der Waals surface area contributed by atoms with Crippen molar-refractivity contribution < 1.29 is 19.6 Å². The third-order valence-corrected chi connectivity index (χ3v) is 2.58. The molecule has 0 unspecified atom stereocenters. The fourth-order valence-corrected chi connectivity index (χ4v) is 1.60. The molecule has 2 aromatic rings. The third-order valence-electron chi connectivity index (χ3n) is 2.58. The van der Waals surface area contributed by atoms with Crippen molar-refractivity contribution in [3.8, 4) is 0 Å². The van der Waals surface area contributed by atoms with Crippen LogP contribution in [0.3, 0.4) is 0 Å². The first-order chi connectivity index (χ1) is 9.66. The number of amides is 1. The van der Waals surface area contributed by atoms with Crippen LogP contribution < -0.4 is 10.8 Å². The van der Waals surface area contributed by atoms with Gasteiger partial charge in [0.05, 0.1) is 11.9 Å². The van der Waals surface area contributed by atoms with Crippen LogP contribution in [0.15, 0.2) is 48.8 Å². The Labute approximate surface area is 116 Å². The van der Waals surface area contributed by atoms with Crippen molar-refractivity contribution in [3.05, 3.63) is 54.4 Å². The number of nitrogens with zero attached hydrogens (tertiary/aromatic N) is 1. The van der Waals surface area contributed by atoms with E-state index in [1.807, 2.05) is 30.3 Å². The maximum absolute atomic E-state index is 11.6. The highest BCUT2D eigenvalue weighted by molar-refractivity contribution is 6.60. The van der Waals surface area contributed by atoms with Crippen molar-refractivity contribution in [3.63, 3.8) is 0 Å². The summed E-state index contributed by atoms with van der Waals surface area (Å²) in [4.78, 5) is 15.4. The average molecular weight is 272 g/mol. The highest BCUT2D eigenvalue weighted by Gasteiger charge is 2.17. The second-order valence-corrected chi connectivity index (χ2v) is 4.02. The van der Waals surface area contributed by atoms with Crippen molar-refractivity contribution in [1.29, 1.82) is 0 Å². The molecule has 0 saturated heterocycles. The number of nitrogens with one attached hydrogen (secondary N) is 1. The molecule has 7 heteroatoms. The van der Waals surface area contributed by atoms with E-state index >= 15 is 0 Å². The van der Waals surface area contributed by atoms with Gasteiger partial charge in [0, 0.05) is 11.7 Å². The fraction of sp³-hybridized carbons (Fsp3) is 0.0769. The predicted molar refractivity (Wildman–Crippen MR) is 74.3 cm³/mol. The van der Waals surface area contributed by atoms with Crippen molar-refractivity contribution in [1.82, 2.24) is 4.98 Å². The average Bonchev–Trinajstić information content (AvgIpc) is 2.46.